The number of esters is 2. The summed E-state index contributed by atoms with van der Waals surface area (Å²) in [5, 5.41) is 0. The SMILES string of the molecule is COC(=O)/C(=C\c1ccccc1C)C(=O)OCC(C)C. The van der Waals surface area contributed by atoms with E-state index < -0.39 is 11.9 Å². The van der Waals surface area contributed by atoms with E-state index in [9.17, 15) is 9.59 Å². The van der Waals surface area contributed by atoms with Crippen LogP contribution in [-0.4, -0.2) is 25.7 Å². The minimum absolute atomic E-state index is 0.0950. The number of ether oxygens (including phenoxy) is 2. The Morgan fingerprint density at radius 3 is 2.40 bits per heavy atom. The first-order chi connectivity index (χ1) is 9.45. The van der Waals surface area contributed by atoms with Gasteiger partial charge in [0.15, 0.2) is 0 Å². The smallest absolute Gasteiger partial charge is 0.345 e. The summed E-state index contributed by atoms with van der Waals surface area (Å²) in [6.45, 7) is 6.02. The van der Waals surface area contributed by atoms with E-state index in [4.69, 9.17) is 4.74 Å². The predicted octanol–water partition coefficient (Wildman–Crippen LogP) is 2.75. The van der Waals surface area contributed by atoms with E-state index in [1.807, 2.05) is 45.0 Å². The number of rotatable bonds is 5. The van der Waals surface area contributed by atoms with Crippen LogP contribution in [0.15, 0.2) is 29.8 Å². The summed E-state index contributed by atoms with van der Waals surface area (Å²) in [5.41, 5.74) is 1.66. The fourth-order valence-corrected chi connectivity index (χ4v) is 1.54. The Morgan fingerprint density at radius 2 is 1.85 bits per heavy atom. The van der Waals surface area contributed by atoms with Gasteiger partial charge < -0.3 is 9.47 Å². The number of carbonyl (C=O) groups excluding carboxylic acids is 2. The van der Waals surface area contributed by atoms with Gasteiger partial charge in [-0.3, -0.25) is 0 Å². The molecule has 0 radical (unpaired) electrons. The molecule has 0 aromatic heterocycles. The summed E-state index contributed by atoms with van der Waals surface area (Å²) < 4.78 is 9.74. The lowest BCUT2D eigenvalue weighted by Crippen LogP contribution is -2.19. The monoisotopic (exact) mass is 276 g/mol. The van der Waals surface area contributed by atoms with Crippen LogP contribution in [0, 0.1) is 12.8 Å². The molecule has 0 N–H and O–H groups in total. The number of methoxy groups -OCH3 is 1. The molecule has 20 heavy (non-hydrogen) atoms. The number of hydrogen-bond acceptors (Lipinski definition) is 4. The van der Waals surface area contributed by atoms with Crippen LogP contribution in [0.4, 0.5) is 0 Å². The van der Waals surface area contributed by atoms with Gasteiger partial charge in [0.1, 0.15) is 5.57 Å². The molecule has 0 spiro atoms. The zero-order chi connectivity index (χ0) is 15.1. The third kappa shape index (κ3) is 4.53. The lowest BCUT2D eigenvalue weighted by molar-refractivity contribution is -0.146. The molecule has 4 nitrogen and oxygen atoms in total. The van der Waals surface area contributed by atoms with Gasteiger partial charge in [-0.2, -0.15) is 0 Å². The highest BCUT2D eigenvalue weighted by molar-refractivity contribution is 6.17. The average Bonchev–Trinajstić information content (AvgIpc) is 2.43. The van der Waals surface area contributed by atoms with E-state index in [1.54, 1.807) is 0 Å². The number of hydrogen-bond donors (Lipinski definition) is 0. The van der Waals surface area contributed by atoms with E-state index in [0.717, 1.165) is 11.1 Å². The second-order valence-electron chi connectivity index (χ2n) is 4.90. The maximum Gasteiger partial charge on any atom is 0.345 e. The summed E-state index contributed by atoms with van der Waals surface area (Å²) in [7, 11) is 1.24. The molecule has 1 aromatic carbocycles. The van der Waals surface area contributed by atoms with Crippen molar-refractivity contribution in [3.63, 3.8) is 0 Å². The van der Waals surface area contributed by atoms with Gasteiger partial charge in [0.2, 0.25) is 0 Å². The first-order valence-corrected chi connectivity index (χ1v) is 6.48. The van der Waals surface area contributed by atoms with Crippen molar-refractivity contribution in [1.82, 2.24) is 0 Å². The van der Waals surface area contributed by atoms with Gasteiger partial charge in [0.25, 0.3) is 0 Å². The quantitative estimate of drug-likeness (QED) is 0.359. The molecule has 0 amide bonds. The summed E-state index contributed by atoms with van der Waals surface area (Å²) in [5.74, 6) is -1.15. The predicted molar refractivity (Wildman–Crippen MR) is 77.0 cm³/mol. The second kappa shape index (κ2) is 7.48. The topological polar surface area (TPSA) is 52.6 Å². The molecular formula is C16H20O4. The van der Waals surface area contributed by atoms with Crippen molar-refractivity contribution in [1.29, 1.82) is 0 Å². The first kappa shape index (κ1) is 16.0. The molecule has 0 saturated heterocycles. The Hall–Kier alpha value is -2.10. The molecule has 1 rings (SSSR count). The van der Waals surface area contributed by atoms with Crippen molar-refractivity contribution >= 4 is 18.0 Å². The van der Waals surface area contributed by atoms with Gasteiger partial charge in [0, 0.05) is 0 Å². The second-order valence-corrected chi connectivity index (χ2v) is 4.90. The third-order valence-corrected chi connectivity index (χ3v) is 2.66. The van der Waals surface area contributed by atoms with Crippen LogP contribution in [0.2, 0.25) is 0 Å². The van der Waals surface area contributed by atoms with Crippen LogP contribution < -0.4 is 0 Å². The summed E-state index contributed by atoms with van der Waals surface area (Å²) in [6, 6.07) is 7.46. The first-order valence-electron chi connectivity index (χ1n) is 6.48. The molecule has 0 bridgehead atoms. The van der Waals surface area contributed by atoms with E-state index in [0.29, 0.717) is 0 Å². The van der Waals surface area contributed by atoms with E-state index in [-0.39, 0.29) is 18.1 Å². The molecule has 0 aliphatic heterocycles. The third-order valence-electron chi connectivity index (χ3n) is 2.66. The molecule has 0 fully saturated rings. The van der Waals surface area contributed by atoms with Crippen LogP contribution in [-0.2, 0) is 19.1 Å². The highest BCUT2D eigenvalue weighted by Gasteiger charge is 2.21. The van der Waals surface area contributed by atoms with E-state index >= 15 is 0 Å². The fraction of sp³-hybridized carbons (Fsp3) is 0.375. The fourth-order valence-electron chi connectivity index (χ4n) is 1.54. The highest BCUT2D eigenvalue weighted by atomic mass is 16.5. The normalized spacial score (nSPS) is 11.3. The lowest BCUT2D eigenvalue weighted by Gasteiger charge is -2.09. The molecule has 0 unspecified atom stereocenters. The molecule has 0 heterocycles. The molecule has 1 aromatic rings. The minimum Gasteiger partial charge on any atom is -0.465 e. The maximum absolute atomic E-state index is 12.0. The van der Waals surface area contributed by atoms with Gasteiger partial charge in [-0.25, -0.2) is 9.59 Å². The van der Waals surface area contributed by atoms with Crippen LogP contribution in [0.5, 0.6) is 0 Å². The summed E-state index contributed by atoms with van der Waals surface area (Å²) in [4.78, 5) is 23.7. The molecule has 0 aliphatic carbocycles. The maximum atomic E-state index is 12.0. The molecular weight excluding hydrogens is 256 g/mol. The average molecular weight is 276 g/mol. The van der Waals surface area contributed by atoms with Crippen molar-refractivity contribution in [2.24, 2.45) is 5.92 Å². The van der Waals surface area contributed by atoms with Gasteiger partial charge in [-0.05, 0) is 30.0 Å². The van der Waals surface area contributed by atoms with Crippen molar-refractivity contribution in [3.8, 4) is 0 Å². The number of carbonyl (C=O) groups is 2. The molecule has 4 heteroatoms. The number of benzene rings is 1. The van der Waals surface area contributed by atoms with Gasteiger partial charge >= 0.3 is 11.9 Å². The zero-order valence-electron chi connectivity index (χ0n) is 12.3. The molecule has 0 atom stereocenters. The van der Waals surface area contributed by atoms with Crippen LogP contribution in [0.1, 0.15) is 25.0 Å². The van der Waals surface area contributed by atoms with Crippen molar-refractivity contribution in [2.45, 2.75) is 20.8 Å². The highest BCUT2D eigenvalue weighted by Crippen LogP contribution is 2.14. The van der Waals surface area contributed by atoms with Gasteiger partial charge in [0.05, 0.1) is 13.7 Å². The Morgan fingerprint density at radius 1 is 1.20 bits per heavy atom. The summed E-state index contributed by atoms with van der Waals surface area (Å²) in [6.07, 6.45) is 1.50. The molecule has 0 saturated carbocycles. The summed E-state index contributed by atoms with van der Waals surface area (Å²) >= 11 is 0. The largest absolute Gasteiger partial charge is 0.465 e. The molecule has 0 aliphatic rings. The lowest BCUT2D eigenvalue weighted by atomic mass is 10.1. The van der Waals surface area contributed by atoms with Crippen molar-refractivity contribution < 1.29 is 19.1 Å². The van der Waals surface area contributed by atoms with Crippen molar-refractivity contribution in [2.75, 3.05) is 13.7 Å². The van der Waals surface area contributed by atoms with E-state index in [1.165, 1.54) is 13.2 Å². The number of aryl methyl sites for hydroxylation is 1. The Balaban J connectivity index is 3.04. The van der Waals surface area contributed by atoms with Crippen LogP contribution >= 0.6 is 0 Å². The Labute approximate surface area is 119 Å². The van der Waals surface area contributed by atoms with Gasteiger partial charge in [-0.1, -0.05) is 38.1 Å². The van der Waals surface area contributed by atoms with Crippen LogP contribution in [0.25, 0.3) is 6.08 Å². The standard InChI is InChI=1S/C16H20O4/c1-11(2)10-20-16(18)14(15(17)19-4)9-13-8-6-5-7-12(13)3/h5-9,11H,10H2,1-4H3/b14-9+. The minimum atomic E-state index is -0.693. The molecule has 108 valence electrons. The van der Waals surface area contributed by atoms with Gasteiger partial charge in [-0.15, -0.1) is 0 Å². The zero-order valence-corrected chi connectivity index (χ0v) is 12.3. The Bertz CT molecular complexity index is 515. The van der Waals surface area contributed by atoms with Crippen molar-refractivity contribution in [3.05, 3.63) is 41.0 Å². The van der Waals surface area contributed by atoms with E-state index in [2.05, 4.69) is 4.74 Å². The Kier molecular flexibility index (Phi) is 5.97. The van der Waals surface area contributed by atoms with Crippen LogP contribution in [0.3, 0.4) is 0 Å².